The molecular formula is C12H19NO2. The summed E-state index contributed by atoms with van der Waals surface area (Å²) in [5, 5.41) is 13.1. The molecule has 0 spiro atoms. The molecule has 1 atom stereocenters. The van der Waals surface area contributed by atoms with Crippen LogP contribution in [0.5, 0.6) is 5.75 Å². The molecule has 0 aliphatic heterocycles. The van der Waals surface area contributed by atoms with E-state index < -0.39 is 6.10 Å². The van der Waals surface area contributed by atoms with Crippen LogP contribution in [-0.2, 0) is 0 Å². The highest BCUT2D eigenvalue weighted by Crippen LogP contribution is 2.23. The first-order chi connectivity index (χ1) is 7.15. The van der Waals surface area contributed by atoms with Crippen LogP contribution < -0.4 is 10.1 Å². The number of nitrogens with one attached hydrogen (secondary N) is 1. The first kappa shape index (κ1) is 12.0. The van der Waals surface area contributed by atoms with Gasteiger partial charge in [0.25, 0.3) is 0 Å². The minimum absolute atomic E-state index is 0.370. The fourth-order valence-electron chi connectivity index (χ4n) is 1.40. The molecule has 0 aromatic heterocycles. The fourth-order valence-corrected chi connectivity index (χ4v) is 1.40. The van der Waals surface area contributed by atoms with Crippen molar-refractivity contribution in [3.63, 3.8) is 0 Å². The lowest BCUT2D eigenvalue weighted by molar-refractivity contribution is 0.167. The minimum Gasteiger partial charge on any atom is -0.496 e. The van der Waals surface area contributed by atoms with Crippen LogP contribution >= 0.6 is 0 Å². The topological polar surface area (TPSA) is 41.5 Å². The van der Waals surface area contributed by atoms with Crippen molar-refractivity contribution >= 4 is 0 Å². The van der Waals surface area contributed by atoms with Gasteiger partial charge in [0.2, 0.25) is 0 Å². The van der Waals surface area contributed by atoms with Crippen molar-refractivity contribution in [1.29, 1.82) is 0 Å². The van der Waals surface area contributed by atoms with Crippen LogP contribution in [0.3, 0.4) is 0 Å². The van der Waals surface area contributed by atoms with Gasteiger partial charge in [-0.25, -0.2) is 0 Å². The monoisotopic (exact) mass is 209 g/mol. The first-order valence-corrected chi connectivity index (χ1v) is 5.19. The number of benzene rings is 1. The summed E-state index contributed by atoms with van der Waals surface area (Å²) in [5.74, 6) is 0.732. The Morgan fingerprint density at radius 3 is 2.60 bits per heavy atom. The number of aliphatic hydroxyl groups is 1. The summed E-state index contributed by atoms with van der Waals surface area (Å²) in [7, 11) is 1.61. The second kappa shape index (κ2) is 5.73. The molecule has 0 fully saturated rings. The molecule has 0 unspecified atom stereocenters. The predicted molar refractivity (Wildman–Crippen MR) is 61.1 cm³/mol. The summed E-state index contributed by atoms with van der Waals surface area (Å²) < 4.78 is 5.19. The number of para-hydroxylation sites is 1. The molecule has 0 saturated heterocycles. The third kappa shape index (κ3) is 3.53. The van der Waals surface area contributed by atoms with Crippen LogP contribution in [0.4, 0.5) is 0 Å². The fraction of sp³-hybridized carbons (Fsp3) is 0.500. The van der Waals surface area contributed by atoms with Gasteiger partial charge in [-0.05, 0) is 6.07 Å². The lowest BCUT2D eigenvalue weighted by atomic mass is 10.1. The highest BCUT2D eigenvalue weighted by molar-refractivity contribution is 5.35. The average Bonchev–Trinajstić information content (AvgIpc) is 2.25. The summed E-state index contributed by atoms with van der Waals surface area (Å²) in [5.41, 5.74) is 0.827. The molecule has 3 heteroatoms. The predicted octanol–water partition coefficient (Wildman–Crippen LogP) is 1.73. The summed E-state index contributed by atoms with van der Waals surface area (Å²) in [6.45, 7) is 4.64. The van der Waals surface area contributed by atoms with Gasteiger partial charge in [-0.1, -0.05) is 32.0 Å². The zero-order valence-corrected chi connectivity index (χ0v) is 9.53. The van der Waals surface area contributed by atoms with Crippen molar-refractivity contribution in [1.82, 2.24) is 5.32 Å². The van der Waals surface area contributed by atoms with Gasteiger partial charge >= 0.3 is 0 Å². The molecule has 0 saturated carbocycles. The number of rotatable bonds is 5. The van der Waals surface area contributed by atoms with Gasteiger partial charge in [0.15, 0.2) is 0 Å². The standard InChI is InChI=1S/C12H19NO2/c1-9(2)13-8-11(14)10-6-4-5-7-12(10)15-3/h4-7,9,11,13-14H,8H2,1-3H3/t11-/m0/s1. The van der Waals surface area contributed by atoms with E-state index in [9.17, 15) is 5.11 Å². The van der Waals surface area contributed by atoms with Crippen molar-refractivity contribution in [2.45, 2.75) is 26.0 Å². The zero-order valence-electron chi connectivity index (χ0n) is 9.53. The highest BCUT2D eigenvalue weighted by Gasteiger charge is 2.12. The minimum atomic E-state index is -0.524. The second-order valence-electron chi connectivity index (χ2n) is 3.82. The molecule has 0 aliphatic carbocycles. The molecule has 0 heterocycles. The Morgan fingerprint density at radius 2 is 2.00 bits per heavy atom. The summed E-state index contributed by atoms with van der Waals surface area (Å²) in [6, 6.07) is 7.90. The van der Waals surface area contributed by atoms with Crippen LogP contribution in [0.2, 0.25) is 0 Å². The largest absolute Gasteiger partial charge is 0.496 e. The highest BCUT2D eigenvalue weighted by atomic mass is 16.5. The molecule has 1 aromatic carbocycles. The quantitative estimate of drug-likeness (QED) is 0.776. The molecule has 84 valence electrons. The SMILES string of the molecule is COc1ccccc1[C@@H](O)CNC(C)C. The third-order valence-electron chi connectivity index (χ3n) is 2.22. The molecule has 1 rings (SSSR count). The van der Waals surface area contributed by atoms with E-state index in [1.54, 1.807) is 7.11 Å². The van der Waals surface area contributed by atoms with Gasteiger partial charge in [0, 0.05) is 18.2 Å². The Hall–Kier alpha value is -1.06. The normalized spacial score (nSPS) is 12.9. The lowest BCUT2D eigenvalue weighted by Crippen LogP contribution is -2.28. The van der Waals surface area contributed by atoms with Crippen molar-refractivity contribution in [2.75, 3.05) is 13.7 Å². The summed E-state index contributed by atoms with van der Waals surface area (Å²) >= 11 is 0. The maximum absolute atomic E-state index is 9.94. The molecular weight excluding hydrogens is 190 g/mol. The lowest BCUT2D eigenvalue weighted by Gasteiger charge is -2.16. The first-order valence-electron chi connectivity index (χ1n) is 5.19. The molecule has 0 radical (unpaired) electrons. The van der Waals surface area contributed by atoms with Crippen molar-refractivity contribution in [2.24, 2.45) is 0 Å². The van der Waals surface area contributed by atoms with E-state index in [1.807, 2.05) is 24.3 Å². The second-order valence-corrected chi connectivity index (χ2v) is 3.82. The number of methoxy groups -OCH3 is 1. The molecule has 0 aliphatic rings. The van der Waals surface area contributed by atoms with Crippen LogP contribution in [-0.4, -0.2) is 24.8 Å². The summed E-state index contributed by atoms with van der Waals surface area (Å²) in [6.07, 6.45) is -0.524. The maximum atomic E-state index is 9.94. The molecule has 3 nitrogen and oxygen atoms in total. The van der Waals surface area contributed by atoms with E-state index in [-0.39, 0.29) is 0 Å². The van der Waals surface area contributed by atoms with Crippen molar-refractivity contribution < 1.29 is 9.84 Å². The van der Waals surface area contributed by atoms with Crippen LogP contribution in [0.15, 0.2) is 24.3 Å². The number of hydrogen-bond donors (Lipinski definition) is 2. The third-order valence-corrected chi connectivity index (χ3v) is 2.22. The van der Waals surface area contributed by atoms with E-state index in [0.717, 1.165) is 11.3 Å². The van der Waals surface area contributed by atoms with Gasteiger partial charge in [-0.3, -0.25) is 0 Å². The Labute approximate surface area is 91.1 Å². The maximum Gasteiger partial charge on any atom is 0.124 e. The number of aliphatic hydroxyl groups excluding tert-OH is 1. The van der Waals surface area contributed by atoms with E-state index in [1.165, 1.54) is 0 Å². The molecule has 1 aromatic rings. The van der Waals surface area contributed by atoms with Crippen molar-refractivity contribution in [3.8, 4) is 5.75 Å². The Balaban J connectivity index is 2.68. The van der Waals surface area contributed by atoms with E-state index in [4.69, 9.17) is 4.74 Å². The molecule has 0 amide bonds. The van der Waals surface area contributed by atoms with Gasteiger partial charge in [0.05, 0.1) is 13.2 Å². The van der Waals surface area contributed by atoms with E-state index in [2.05, 4.69) is 19.2 Å². The van der Waals surface area contributed by atoms with Gasteiger partial charge < -0.3 is 15.2 Å². The smallest absolute Gasteiger partial charge is 0.124 e. The van der Waals surface area contributed by atoms with Crippen molar-refractivity contribution in [3.05, 3.63) is 29.8 Å². The number of ether oxygens (including phenoxy) is 1. The van der Waals surface area contributed by atoms with Crippen LogP contribution in [0, 0.1) is 0 Å². The Morgan fingerprint density at radius 1 is 1.33 bits per heavy atom. The molecule has 0 bridgehead atoms. The Bertz CT molecular complexity index is 299. The number of hydrogen-bond acceptors (Lipinski definition) is 3. The van der Waals surface area contributed by atoms with Crippen LogP contribution in [0.1, 0.15) is 25.5 Å². The van der Waals surface area contributed by atoms with Crippen LogP contribution in [0.25, 0.3) is 0 Å². The zero-order chi connectivity index (χ0) is 11.3. The van der Waals surface area contributed by atoms with Gasteiger partial charge in [0.1, 0.15) is 5.75 Å². The van der Waals surface area contributed by atoms with E-state index >= 15 is 0 Å². The molecule has 2 N–H and O–H groups in total. The summed E-state index contributed by atoms with van der Waals surface area (Å²) in [4.78, 5) is 0. The Kier molecular flexibility index (Phi) is 4.59. The van der Waals surface area contributed by atoms with Gasteiger partial charge in [-0.2, -0.15) is 0 Å². The van der Waals surface area contributed by atoms with E-state index in [0.29, 0.717) is 12.6 Å². The van der Waals surface area contributed by atoms with Gasteiger partial charge in [-0.15, -0.1) is 0 Å². The molecule has 15 heavy (non-hydrogen) atoms. The average molecular weight is 209 g/mol.